The van der Waals surface area contributed by atoms with Crippen LogP contribution in [-0.4, -0.2) is 12.1 Å². The molecule has 78 valence electrons. The van der Waals surface area contributed by atoms with Crippen molar-refractivity contribution < 1.29 is 9.53 Å². The van der Waals surface area contributed by atoms with Gasteiger partial charge >= 0.3 is 5.97 Å². The van der Waals surface area contributed by atoms with Crippen LogP contribution in [0.3, 0.4) is 0 Å². The minimum Gasteiger partial charge on any atom is -0.462 e. The predicted molar refractivity (Wildman–Crippen MR) is 52.6 cm³/mol. The molecule has 4 aliphatic rings. The Morgan fingerprint density at radius 2 is 2.14 bits per heavy atom. The number of hydrogen-bond acceptors (Lipinski definition) is 2. The first-order valence-electron chi connectivity index (χ1n) is 6.00. The SMILES string of the molecule is CCCC1OC(=O)C2CC3CC(C3)C12. The molecule has 0 amide bonds. The average molecular weight is 194 g/mol. The molecule has 2 nitrogen and oxygen atoms in total. The van der Waals surface area contributed by atoms with E-state index in [1.165, 1.54) is 12.8 Å². The molecule has 1 heterocycles. The fourth-order valence-corrected chi connectivity index (χ4v) is 3.81. The van der Waals surface area contributed by atoms with Crippen molar-refractivity contribution in [3.8, 4) is 0 Å². The van der Waals surface area contributed by atoms with Crippen molar-refractivity contribution in [1.82, 2.24) is 0 Å². The van der Waals surface area contributed by atoms with E-state index in [-0.39, 0.29) is 18.0 Å². The first-order chi connectivity index (χ1) is 6.79. The Labute approximate surface area is 85.0 Å². The van der Waals surface area contributed by atoms with Gasteiger partial charge in [-0.25, -0.2) is 0 Å². The van der Waals surface area contributed by atoms with Gasteiger partial charge in [0.1, 0.15) is 6.10 Å². The molecule has 1 aliphatic heterocycles. The van der Waals surface area contributed by atoms with Gasteiger partial charge in [0, 0.05) is 5.92 Å². The summed E-state index contributed by atoms with van der Waals surface area (Å²) in [5.41, 5.74) is 0. The van der Waals surface area contributed by atoms with Crippen LogP contribution < -0.4 is 0 Å². The van der Waals surface area contributed by atoms with E-state index in [9.17, 15) is 4.79 Å². The molecule has 2 bridgehead atoms. The van der Waals surface area contributed by atoms with Crippen molar-refractivity contribution in [1.29, 1.82) is 0 Å². The molecule has 0 aromatic carbocycles. The minimum absolute atomic E-state index is 0.114. The van der Waals surface area contributed by atoms with Crippen molar-refractivity contribution >= 4 is 5.97 Å². The summed E-state index contributed by atoms with van der Waals surface area (Å²) < 4.78 is 5.51. The largest absolute Gasteiger partial charge is 0.462 e. The predicted octanol–water partition coefficient (Wildman–Crippen LogP) is 2.37. The maximum absolute atomic E-state index is 11.6. The van der Waals surface area contributed by atoms with Gasteiger partial charge in [0.2, 0.25) is 0 Å². The van der Waals surface area contributed by atoms with Crippen LogP contribution >= 0.6 is 0 Å². The minimum atomic E-state index is 0.114. The molecule has 0 radical (unpaired) electrons. The molecule has 0 spiro atoms. The summed E-state index contributed by atoms with van der Waals surface area (Å²) in [6.45, 7) is 2.17. The van der Waals surface area contributed by atoms with Crippen molar-refractivity contribution in [2.75, 3.05) is 0 Å². The van der Waals surface area contributed by atoms with Crippen LogP contribution in [0.1, 0.15) is 39.0 Å². The standard InChI is InChI=1S/C12H18O2/c1-2-3-10-11-8-4-7(5-8)6-9(11)12(13)14-10/h7-11H,2-6H2,1H3. The molecule has 3 atom stereocenters. The second-order valence-corrected chi connectivity index (χ2v) is 5.28. The third-order valence-electron chi connectivity index (χ3n) is 4.44. The highest BCUT2D eigenvalue weighted by Gasteiger charge is 2.56. The molecule has 2 heteroatoms. The van der Waals surface area contributed by atoms with Crippen LogP contribution in [0.5, 0.6) is 0 Å². The van der Waals surface area contributed by atoms with E-state index in [0.29, 0.717) is 5.92 Å². The summed E-state index contributed by atoms with van der Waals surface area (Å²) in [4.78, 5) is 11.6. The Hall–Kier alpha value is -0.530. The number of cyclic esters (lactones) is 1. The van der Waals surface area contributed by atoms with Gasteiger partial charge in [0.15, 0.2) is 0 Å². The van der Waals surface area contributed by atoms with Gasteiger partial charge in [-0.2, -0.15) is 0 Å². The summed E-state index contributed by atoms with van der Waals surface area (Å²) in [7, 11) is 0. The molecule has 3 unspecified atom stereocenters. The van der Waals surface area contributed by atoms with Crippen LogP contribution in [-0.2, 0) is 9.53 Å². The zero-order chi connectivity index (χ0) is 9.71. The van der Waals surface area contributed by atoms with E-state index < -0.39 is 0 Å². The topological polar surface area (TPSA) is 26.3 Å². The lowest BCUT2D eigenvalue weighted by Crippen LogP contribution is -2.44. The highest BCUT2D eigenvalue weighted by molar-refractivity contribution is 5.75. The maximum atomic E-state index is 11.6. The van der Waals surface area contributed by atoms with Gasteiger partial charge in [0.25, 0.3) is 0 Å². The fraction of sp³-hybridized carbons (Fsp3) is 0.917. The van der Waals surface area contributed by atoms with Gasteiger partial charge in [-0.05, 0) is 37.5 Å². The highest BCUT2D eigenvalue weighted by atomic mass is 16.6. The highest BCUT2D eigenvalue weighted by Crippen LogP contribution is 2.56. The van der Waals surface area contributed by atoms with Crippen LogP contribution in [0.2, 0.25) is 0 Å². The van der Waals surface area contributed by atoms with E-state index >= 15 is 0 Å². The Morgan fingerprint density at radius 3 is 2.86 bits per heavy atom. The molecule has 0 aromatic rings. The number of ether oxygens (including phenoxy) is 1. The quantitative estimate of drug-likeness (QED) is 0.631. The molecule has 4 rings (SSSR count). The fourth-order valence-electron chi connectivity index (χ4n) is 3.81. The van der Waals surface area contributed by atoms with E-state index in [1.807, 2.05) is 0 Å². The number of esters is 1. The lowest BCUT2D eigenvalue weighted by Gasteiger charge is -2.48. The summed E-state index contributed by atoms with van der Waals surface area (Å²) in [6.07, 6.45) is 6.35. The number of rotatable bonds is 2. The zero-order valence-electron chi connectivity index (χ0n) is 8.74. The third-order valence-corrected chi connectivity index (χ3v) is 4.44. The smallest absolute Gasteiger partial charge is 0.309 e. The third kappa shape index (κ3) is 1.06. The first kappa shape index (κ1) is 8.75. The summed E-state index contributed by atoms with van der Waals surface area (Å²) >= 11 is 0. The van der Waals surface area contributed by atoms with Crippen molar-refractivity contribution in [2.45, 2.75) is 45.1 Å². The van der Waals surface area contributed by atoms with Crippen LogP contribution in [0.25, 0.3) is 0 Å². The Morgan fingerprint density at radius 1 is 1.36 bits per heavy atom. The van der Waals surface area contributed by atoms with E-state index in [1.54, 1.807) is 0 Å². The molecule has 1 saturated heterocycles. The lowest BCUT2D eigenvalue weighted by atomic mass is 9.55. The Balaban J connectivity index is 1.80. The van der Waals surface area contributed by atoms with Crippen LogP contribution in [0, 0.1) is 23.7 Å². The van der Waals surface area contributed by atoms with E-state index in [0.717, 1.165) is 31.1 Å². The van der Waals surface area contributed by atoms with Gasteiger partial charge in [-0.3, -0.25) is 4.79 Å². The van der Waals surface area contributed by atoms with Crippen molar-refractivity contribution in [3.63, 3.8) is 0 Å². The molecule has 0 aromatic heterocycles. The molecule has 14 heavy (non-hydrogen) atoms. The van der Waals surface area contributed by atoms with Gasteiger partial charge in [0.05, 0.1) is 5.92 Å². The molecule has 3 aliphatic carbocycles. The molecule has 4 fully saturated rings. The molecule has 0 N–H and O–H groups in total. The summed E-state index contributed by atoms with van der Waals surface area (Å²) in [6, 6.07) is 0. The normalized spacial score (nSPS) is 49.5. The first-order valence-corrected chi connectivity index (χ1v) is 6.00. The molecular formula is C12H18O2. The van der Waals surface area contributed by atoms with E-state index in [2.05, 4.69) is 6.92 Å². The second-order valence-electron chi connectivity index (χ2n) is 5.28. The summed E-state index contributed by atoms with van der Waals surface area (Å²) in [5.74, 6) is 2.66. The Bertz CT molecular complexity index is 255. The number of hydrogen-bond donors (Lipinski definition) is 0. The van der Waals surface area contributed by atoms with E-state index in [4.69, 9.17) is 4.74 Å². The van der Waals surface area contributed by atoms with Crippen molar-refractivity contribution in [2.24, 2.45) is 23.7 Å². The molecule has 3 saturated carbocycles. The van der Waals surface area contributed by atoms with Gasteiger partial charge in [-0.15, -0.1) is 0 Å². The molecular weight excluding hydrogens is 176 g/mol. The zero-order valence-corrected chi connectivity index (χ0v) is 8.74. The monoisotopic (exact) mass is 194 g/mol. The number of carbonyl (C=O) groups is 1. The van der Waals surface area contributed by atoms with Crippen LogP contribution in [0.4, 0.5) is 0 Å². The lowest BCUT2D eigenvalue weighted by molar-refractivity contribution is -0.145. The van der Waals surface area contributed by atoms with Crippen LogP contribution in [0.15, 0.2) is 0 Å². The average Bonchev–Trinajstić information content (AvgIpc) is 2.44. The number of carbonyl (C=O) groups excluding carboxylic acids is 1. The van der Waals surface area contributed by atoms with Gasteiger partial charge < -0.3 is 4.74 Å². The second kappa shape index (κ2) is 2.98. The Kier molecular flexibility index (Phi) is 1.86. The van der Waals surface area contributed by atoms with Crippen molar-refractivity contribution in [3.05, 3.63) is 0 Å². The maximum Gasteiger partial charge on any atom is 0.309 e. The summed E-state index contributed by atoms with van der Waals surface area (Å²) in [5, 5.41) is 0. The van der Waals surface area contributed by atoms with Gasteiger partial charge in [-0.1, -0.05) is 13.3 Å².